The van der Waals surface area contributed by atoms with E-state index in [0.29, 0.717) is 5.54 Å². The van der Waals surface area contributed by atoms with E-state index in [4.69, 9.17) is 0 Å². The van der Waals surface area contributed by atoms with E-state index in [2.05, 4.69) is 38.0 Å². The molecule has 0 amide bonds. The van der Waals surface area contributed by atoms with E-state index in [-0.39, 0.29) is 0 Å². The SMILES string of the molecule is CC.CC(C)C.CN1CCCCC12CCCNC2. The van der Waals surface area contributed by atoms with Crippen LogP contribution < -0.4 is 5.32 Å². The van der Waals surface area contributed by atoms with Gasteiger partial charge in [0.2, 0.25) is 0 Å². The summed E-state index contributed by atoms with van der Waals surface area (Å²) >= 11 is 0. The Bertz CT molecular complexity index is 173. The summed E-state index contributed by atoms with van der Waals surface area (Å²) in [5.41, 5.74) is 0.538. The van der Waals surface area contributed by atoms with Gasteiger partial charge >= 0.3 is 0 Å². The molecule has 0 aliphatic carbocycles. The molecule has 0 bridgehead atoms. The average Bonchev–Trinajstić information content (AvgIpc) is 2.36. The number of nitrogens with zero attached hydrogens (tertiary/aromatic N) is 1. The maximum absolute atomic E-state index is 3.53. The van der Waals surface area contributed by atoms with Crippen LogP contribution in [-0.4, -0.2) is 37.1 Å². The van der Waals surface area contributed by atoms with Crippen LogP contribution in [0.4, 0.5) is 0 Å². The standard InChI is InChI=1S/C10H20N2.C4H10.C2H6/c1-12-8-3-2-5-10(12)6-4-7-11-9-10;1-4(2)3;1-2/h11H,2-9H2,1H3;4H,1-3H3;1-2H3. The zero-order valence-corrected chi connectivity index (χ0v) is 13.7. The molecule has 0 radical (unpaired) electrons. The highest BCUT2D eigenvalue weighted by atomic mass is 15.2. The van der Waals surface area contributed by atoms with E-state index in [1.54, 1.807) is 0 Å². The molecule has 2 saturated heterocycles. The number of rotatable bonds is 0. The fraction of sp³-hybridized carbons (Fsp3) is 1.00. The molecule has 0 saturated carbocycles. The minimum absolute atomic E-state index is 0.538. The topological polar surface area (TPSA) is 15.3 Å². The van der Waals surface area contributed by atoms with Crippen molar-refractivity contribution in [1.82, 2.24) is 10.2 Å². The molecule has 1 N–H and O–H groups in total. The van der Waals surface area contributed by atoms with Gasteiger partial charge in [-0.2, -0.15) is 0 Å². The molecular formula is C16H36N2. The summed E-state index contributed by atoms with van der Waals surface area (Å²) in [4.78, 5) is 2.59. The van der Waals surface area contributed by atoms with Crippen LogP contribution in [0.5, 0.6) is 0 Å². The fourth-order valence-electron chi connectivity index (χ4n) is 2.72. The van der Waals surface area contributed by atoms with Gasteiger partial charge in [-0.3, -0.25) is 4.90 Å². The van der Waals surface area contributed by atoms with Crippen LogP contribution in [0.25, 0.3) is 0 Å². The number of nitrogens with one attached hydrogen (secondary N) is 1. The van der Waals surface area contributed by atoms with Gasteiger partial charge < -0.3 is 5.32 Å². The van der Waals surface area contributed by atoms with Gasteiger partial charge in [0.25, 0.3) is 0 Å². The van der Waals surface area contributed by atoms with Crippen LogP contribution in [0.3, 0.4) is 0 Å². The fourth-order valence-corrected chi connectivity index (χ4v) is 2.72. The maximum atomic E-state index is 3.53. The highest BCUT2D eigenvalue weighted by Crippen LogP contribution is 2.32. The molecule has 2 nitrogen and oxygen atoms in total. The Hall–Kier alpha value is -0.0800. The summed E-state index contributed by atoms with van der Waals surface area (Å²) in [6.45, 7) is 14.3. The van der Waals surface area contributed by atoms with Gasteiger partial charge in [-0.15, -0.1) is 0 Å². The Labute approximate surface area is 116 Å². The minimum Gasteiger partial charge on any atom is -0.315 e. The molecule has 0 aromatic heterocycles. The lowest BCUT2D eigenvalue weighted by atomic mass is 9.81. The highest BCUT2D eigenvalue weighted by molar-refractivity contribution is 4.96. The third-order valence-electron chi connectivity index (χ3n) is 3.65. The first-order valence-corrected chi connectivity index (χ1v) is 7.99. The first kappa shape index (κ1) is 17.9. The predicted octanol–water partition coefficient (Wildman–Crippen LogP) is 3.91. The van der Waals surface area contributed by atoms with E-state index < -0.39 is 0 Å². The zero-order valence-electron chi connectivity index (χ0n) is 13.7. The molecule has 110 valence electrons. The summed E-state index contributed by atoms with van der Waals surface area (Å²) in [6.07, 6.45) is 7.03. The van der Waals surface area contributed by atoms with Crippen molar-refractivity contribution >= 4 is 0 Å². The monoisotopic (exact) mass is 256 g/mol. The van der Waals surface area contributed by atoms with Crippen molar-refractivity contribution < 1.29 is 0 Å². The summed E-state index contributed by atoms with van der Waals surface area (Å²) in [5, 5.41) is 3.53. The lowest BCUT2D eigenvalue weighted by molar-refractivity contribution is 0.0492. The molecule has 1 atom stereocenters. The van der Waals surface area contributed by atoms with E-state index in [0.717, 1.165) is 5.92 Å². The molecule has 1 unspecified atom stereocenters. The molecule has 0 aromatic rings. The van der Waals surface area contributed by atoms with Crippen LogP contribution in [0, 0.1) is 5.92 Å². The summed E-state index contributed by atoms with van der Waals surface area (Å²) < 4.78 is 0. The van der Waals surface area contributed by atoms with E-state index in [9.17, 15) is 0 Å². The molecule has 2 rings (SSSR count). The molecule has 2 heteroatoms. The van der Waals surface area contributed by atoms with Crippen LogP contribution >= 0.6 is 0 Å². The number of hydrogen-bond donors (Lipinski definition) is 1. The molecule has 2 aliphatic rings. The summed E-state index contributed by atoms with van der Waals surface area (Å²) in [7, 11) is 2.30. The Morgan fingerprint density at radius 1 is 1.00 bits per heavy atom. The lowest BCUT2D eigenvalue weighted by Gasteiger charge is -2.48. The van der Waals surface area contributed by atoms with E-state index in [1.807, 2.05) is 13.8 Å². The molecular weight excluding hydrogens is 220 g/mol. The number of likely N-dealkylation sites (tertiary alicyclic amines) is 1. The lowest BCUT2D eigenvalue weighted by Crippen LogP contribution is -2.58. The summed E-state index contributed by atoms with van der Waals surface area (Å²) in [6, 6.07) is 0. The molecule has 2 heterocycles. The van der Waals surface area contributed by atoms with E-state index in [1.165, 1.54) is 51.7 Å². The average molecular weight is 256 g/mol. The van der Waals surface area contributed by atoms with Crippen molar-refractivity contribution in [3.05, 3.63) is 0 Å². The zero-order chi connectivity index (χ0) is 14.0. The summed E-state index contributed by atoms with van der Waals surface area (Å²) in [5.74, 6) is 0.833. The van der Waals surface area contributed by atoms with Crippen molar-refractivity contribution in [3.63, 3.8) is 0 Å². The Kier molecular flexibility index (Phi) is 9.76. The normalized spacial score (nSPS) is 28.2. The molecule has 2 aliphatic heterocycles. The van der Waals surface area contributed by atoms with Crippen molar-refractivity contribution in [1.29, 1.82) is 0 Å². The second-order valence-corrected chi connectivity index (χ2v) is 6.12. The Balaban J connectivity index is 0.000000415. The molecule has 2 fully saturated rings. The maximum Gasteiger partial charge on any atom is 0.0331 e. The third-order valence-corrected chi connectivity index (χ3v) is 3.65. The number of likely N-dealkylation sites (N-methyl/N-ethyl adjacent to an activating group) is 1. The van der Waals surface area contributed by atoms with Crippen molar-refractivity contribution in [2.24, 2.45) is 5.92 Å². The number of piperidine rings is 2. The predicted molar refractivity (Wildman–Crippen MR) is 83.2 cm³/mol. The van der Waals surface area contributed by atoms with Crippen LogP contribution in [0.15, 0.2) is 0 Å². The van der Waals surface area contributed by atoms with Gasteiger partial charge in [0.05, 0.1) is 0 Å². The Morgan fingerprint density at radius 2 is 1.56 bits per heavy atom. The molecule has 18 heavy (non-hydrogen) atoms. The second kappa shape index (κ2) is 9.80. The van der Waals surface area contributed by atoms with Gasteiger partial charge in [0.1, 0.15) is 0 Å². The molecule has 1 spiro atoms. The van der Waals surface area contributed by atoms with Gasteiger partial charge in [-0.25, -0.2) is 0 Å². The van der Waals surface area contributed by atoms with E-state index >= 15 is 0 Å². The van der Waals surface area contributed by atoms with Crippen LogP contribution in [-0.2, 0) is 0 Å². The van der Waals surface area contributed by atoms with Crippen LogP contribution in [0.2, 0.25) is 0 Å². The van der Waals surface area contributed by atoms with Crippen molar-refractivity contribution in [2.75, 3.05) is 26.7 Å². The third kappa shape index (κ3) is 6.19. The second-order valence-electron chi connectivity index (χ2n) is 6.12. The first-order valence-electron chi connectivity index (χ1n) is 7.99. The largest absolute Gasteiger partial charge is 0.315 e. The van der Waals surface area contributed by atoms with Gasteiger partial charge in [0, 0.05) is 12.1 Å². The first-order chi connectivity index (χ1) is 8.57. The van der Waals surface area contributed by atoms with Gasteiger partial charge in [0.15, 0.2) is 0 Å². The quantitative estimate of drug-likeness (QED) is 0.707. The van der Waals surface area contributed by atoms with Crippen LogP contribution in [0.1, 0.15) is 66.7 Å². The Morgan fingerprint density at radius 3 is 2.00 bits per heavy atom. The number of hydrogen-bond acceptors (Lipinski definition) is 2. The van der Waals surface area contributed by atoms with Crippen molar-refractivity contribution in [2.45, 2.75) is 72.3 Å². The van der Waals surface area contributed by atoms with Gasteiger partial charge in [-0.05, 0) is 51.7 Å². The van der Waals surface area contributed by atoms with Gasteiger partial charge in [-0.1, -0.05) is 41.0 Å². The highest BCUT2D eigenvalue weighted by Gasteiger charge is 2.37. The van der Waals surface area contributed by atoms with Crippen molar-refractivity contribution in [3.8, 4) is 0 Å². The smallest absolute Gasteiger partial charge is 0.0331 e. The molecule has 0 aromatic carbocycles. The minimum atomic E-state index is 0.538.